The zero-order chi connectivity index (χ0) is 20.2. The molecule has 0 aliphatic carbocycles. The number of amides is 1. The predicted molar refractivity (Wildman–Crippen MR) is 108 cm³/mol. The average molecular weight is 411 g/mol. The highest BCUT2D eigenvalue weighted by molar-refractivity contribution is 7.92. The van der Waals surface area contributed by atoms with Crippen molar-refractivity contribution in [3.8, 4) is 0 Å². The van der Waals surface area contributed by atoms with Gasteiger partial charge in [-0.15, -0.1) is 0 Å². The van der Waals surface area contributed by atoms with E-state index in [-0.39, 0.29) is 12.5 Å². The van der Waals surface area contributed by atoms with Gasteiger partial charge in [0.15, 0.2) is 0 Å². The summed E-state index contributed by atoms with van der Waals surface area (Å²) in [7, 11) is -1.73. The van der Waals surface area contributed by atoms with Gasteiger partial charge in [0.25, 0.3) is 5.91 Å². The highest BCUT2D eigenvalue weighted by Gasteiger charge is 2.19. The Morgan fingerprint density at radius 2 is 1.78 bits per heavy atom. The van der Waals surface area contributed by atoms with Gasteiger partial charge in [-0.05, 0) is 49.2 Å². The predicted octanol–water partition coefficient (Wildman–Crippen LogP) is 3.52. The minimum absolute atomic E-state index is 0.224. The molecular formula is C19H23ClN2O4S. The van der Waals surface area contributed by atoms with Crippen LogP contribution in [0.5, 0.6) is 0 Å². The molecule has 2 aromatic rings. The molecule has 0 fully saturated rings. The third-order valence-corrected chi connectivity index (χ3v) is 5.11. The monoisotopic (exact) mass is 410 g/mol. The van der Waals surface area contributed by atoms with Gasteiger partial charge in [-0.25, -0.2) is 8.42 Å². The molecule has 0 aliphatic rings. The second kappa shape index (κ2) is 8.29. The largest absolute Gasteiger partial charge is 0.374 e. The SMILES string of the molecule is COC(C)(C)c1ccc(C(=O)NCc2ccc(NS(C)(=O)=O)cc2Cl)cc1. The Labute approximate surface area is 164 Å². The lowest BCUT2D eigenvalue weighted by atomic mass is 9.97. The molecule has 2 rings (SSSR count). The van der Waals surface area contributed by atoms with Gasteiger partial charge in [-0.3, -0.25) is 9.52 Å². The van der Waals surface area contributed by atoms with Crippen LogP contribution in [0, 0.1) is 0 Å². The molecule has 8 heteroatoms. The number of nitrogens with one attached hydrogen (secondary N) is 2. The Kier molecular flexibility index (Phi) is 6.51. The summed E-state index contributed by atoms with van der Waals surface area (Å²) in [6.07, 6.45) is 1.06. The number of benzene rings is 2. The molecule has 2 aromatic carbocycles. The zero-order valence-corrected chi connectivity index (χ0v) is 17.2. The molecule has 27 heavy (non-hydrogen) atoms. The Bertz CT molecular complexity index is 925. The highest BCUT2D eigenvalue weighted by atomic mass is 35.5. The molecule has 0 saturated carbocycles. The Morgan fingerprint density at radius 3 is 2.30 bits per heavy atom. The van der Waals surface area contributed by atoms with E-state index in [0.717, 1.165) is 11.8 Å². The quantitative estimate of drug-likeness (QED) is 0.731. The van der Waals surface area contributed by atoms with E-state index < -0.39 is 15.6 Å². The van der Waals surface area contributed by atoms with Crippen molar-refractivity contribution in [2.45, 2.75) is 26.0 Å². The smallest absolute Gasteiger partial charge is 0.251 e. The number of anilines is 1. The van der Waals surface area contributed by atoms with Crippen LogP contribution in [-0.4, -0.2) is 27.7 Å². The summed E-state index contributed by atoms with van der Waals surface area (Å²) in [5, 5.41) is 3.16. The van der Waals surface area contributed by atoms with E-state index in [9.17, 15) is 13.2 Å². The first-order chi connectivity index (χ1) is 12.5. The van der Waals surface area contributed by atoms with Crippen molar-refractivity contribution in [2.24, 2.45) is 0 Å². The lowest BCUT2D eigenvalue weighted by Gasteiger charge is -2.23. The van der Waals surface area contributed by atoms with Gasteiger partial charge in [-0.2, -0.15) is 0 Å². The molecular weight excluding hydrogens is 388 g/mol. The van der Waals surface area contributed by atoms with E-state index in [0.29, 0.717) is 21.8 Å². The maximum atomic E-state index is 12.3. The van der Waals surface area contributed by atoms with Crippen molar-refractivity contribution < 1.29 is 17.9 Å². The van der Waals surface area contributed by atoms with Gasteiger partial charge in [0.2, 0.25) is 10.0 Å². The third-order valence-electron chi connectivity index (χ3n) is 4.15. The van der Waals surface area contributed by atoms with E-state index >= 15 is 0 Å². The molecule has 0 bridgehead atoms. The van der Waals surface area contributed by atoms with E-state index in [1.54, 1.807) is 31.4 Å². The van der Waals surface area contributed by atoms with Crippen molar-refractivity contribution in [3.63, 3.8) is 0 Å². The second-order valence-electron chi connectivity index (χ2n) is 6.65. The van der Waals surface area contributed by atoms with Gasteiger partial charge in [0.05, 0.1) is 11.9 Å². The first-order valence-corrected chi connectivity index (χ1v) is 10.5. The Hall–Kier alpha value is -2.09. The topological polar surface area (TPSA) is 84.5 Å². The number of carbonyl (C=O) groups is 1. The lowest BCUT2D eigenvalue weighted by molar-refractivity contribution is 0.0192. The molecule has 0 spiro atoms. The molecule has 0 atom stereocenters. The van der Waals surface area contributed by atoms with E-state index in [2.05, 4.69) is 10.0 Å². The molecule has 2 N–H and O–H groups in total. The van der Waals surface area contributed by atoms with Crippen LogP contribution in [0.2, 0.25) is 5.02 Å². The minimum Gasteiger partial charge on any atom is -0.374 e. The first kappa shape index (κ1) is 21.2. The van der Waals surface area contributed by atoms with Gasteiger partial charge in [0, 0.05) is 29.9 Å². The van der Waals surface area contributed by atoms with Crippen LogP contribution < -0.4 is 10.0 Å². The van der Waals surface area contributed by atoms with Crippen LogP contribution in [0.15, 0.2) is 42.5 Å². The molecule has 0 heterocycles. The van der Waals surface area contributed by atoms with Crippen molar-refractivity contribution in [3.05, 3.63) is 64.2 Å². The zero-order valence-electron chi connectivity index (χ0n) is 15.7. The van der Waals surface area contributed by atoms with Gasteiger partial charge < -0.3 is 10.1 Å². The Balaban J connectivity index is 2.03. The van der Waals surface area contributed by atoms with Crippen LogP contribution >= 0.6 is 11.6 Å². The van der Waals surface area contributed by atoms with Gasteiger partial charge >= 0.3 is 0 Å². The van der Waals surface area contributed by atoms with Crippen LogP contribution in [0.1, 0.15) is 35.3 Å². The molecule has 146 valence electrons. The number of hydrogen-bond donors (Lipinski definition) is 2. The number of halogens is 1. The molecule has 0 aliphatic heterocycles. The summed E-state index contributed by atoms with van der Waals surface area (Å²) in [5.74, 6) is -0.230. The van der Waals surface area contributed by atoms with E-state index in [4.69, 9.17) is 16.3 Å². The van der Waals surface area contributed by atoms with Crippen molar-refractivity contribution in [1.29, 1.82) is 0 Å². The van der Waals surface area contributed by atoms with Gasteiger partial charge in [0.1, 0.15) is 0 Å². The molecule has 0 radical (unpaired) electrons. The van der Waals surface area contributed by atoms with Crippen LogP contribution in [0.25, 0.3) is 0 Å². The van der Waals surface area contributed by atoms with Crippen molar-refractivity contribution in [2.75, 3.05) is 18.1 Å². The second-order valence-corrected chi connectivity index (χ2v) is 8.81. The fraction of sp³-hybridized carbons (Fsp3) is 0.316. The fourth-order valence-corrected chi connectivity index (χ4v) is 3.19. The molecule has 0 saturated heterocycles. The average Bonchev–Trinajstić information content (AvgIpc) is 2.59. The maximum Gasteiger partial charge on any atom is 0.251 e. The first-order valence-electron chi connectivity index (χ1n) is 8.22. The summed E-state index contributed by atoms with van der Waals surface area (Å²) in [6.45, 7) is 4.13. The van der Waals surface area contributed by atoms with Gasteiger partial charge in [-0.1, -0.05) is 29.8 Å². The summed E-state index contributed by atoms with van der Waals surface area (Å²) in [5.41, 5.74) is 2.12. The molecule has 0 unspecified atom stereocenters. The number of ether oxygens (including phenoxy) is 1. The standard InChI is InChI=1S/C19H23ClN2O4S/c1-19(2,26-3)15-8-5-13(6-9-15)18(23)21-12-14-7-10-16(11-17(14)20)22-27(4,24)25/h5-11,22H,12H2,1-4H3,(H,21,23). The molecule has 0 aromatic heterocycles. The van der Waals surface area contributed by atoms with E-state index in [1.165, 1.54) is 6.07 Å². The summed E-state index contributed by atoms with van der Waals surface area (Å²) in [4.78, 5) is 12.3. The van der Waals surface area contributed by atoms with Crippen LogP contribution in [-0.2, 0) is 26.9 Å². The van der Waals surface area contributed by atoms with Crippen molar-refractivity contribution >= 4 is 33.2 Å². The summed E-state index contributed by atoms with van der Waals surface area (Å²) >= 11 is 6.17. The highest BCUT2D eigenvalue weighted by Crippen LogP contribution is 2.24. The number of hydrogen-bond acceptors (Lipinski definition) is 4. The lowest BCUT2D eigenvalue weighted by Crippen LogP contribution is -2.24. The number of rotatable bonds is 7. The normalized spacial score (nSPS) is 11.9. The Morgan fingerprint density at radius 1 is 1.15 bits per heavy atom. The molecule has 1 amide bonds. The number of sulfonamides is 1. The summed E-state index contributed by atoms with van der Waals surface area (Å²) in [6, 6.07) is 12.0. The molecule has 6 nitrogen and oxygen atoms in total. The fourth-order valence-electron chi connectivity index (χ4n) is 2.39. The number of methoxy groups -OCH3 is 1. The number of carbonyl (C=O) groups excluding carboxylic acids is 1. The maximum absolute atomic E-state index is 12.3. The third kappa shape index (κ3) is 5.95. The van der Waals surface area contributed by atoms with Crippen LogP contribution in [0.4, 0.5) is 5.69 Å². The minimum atomic E-state index is -3.37. The van der Waals surface area contributed by atoms with E-state index in [1.807, 2.05) is 26.0 Å². The van der Waals surface area contributed by atoms with Crippen molar-refractivity contribution in [1.82, 2.24) is 5.32 Å². The van der Waals surface area contributed by atoms with Crippen LogP contribution in [0.3, 0.4) is 0 Å². The summed E-state index contributed by atoms with van der Waals surface area (Å²) < 4.78 is 30.3.